The SMILES string of the molecule is CCN(CC)CCCOCC(C)c1ccc(N)cc1. The molecule has 0 heterocycles. The van der Waals surface area contributed by atoms with E-state index in [1.165, 1.54) is 5.56 Å². The number of hydrogen-bond acceptors (Lipinski definition) is 3. The summed E-state index contributed by atoms with van der Waals surface area (Å²) in [5.41, 5.74) is 7.79. The van der Waals surface area contributed by atoms with Gasteiger partial charge in [-0.1, -0.05) is 32.9 Å². The van der Waals surface area contributed by atoms with Crippen LogP contribution < -0.4 is 5.73 Å². The minimum Gasteiger partial charge on any atom is -0.399 e. The molecule has 3 nitrogen and oxygen atoms in total. The molecule has 0 fully saturated rings. The summed E-state index contributed by atoms with van der Waals surface area (Å²) < 4.78 is 5.76. The Kier molecular flexibility index (Phi) is 7.53. The monoisotopic (exact) mass is 264 g/mol. The fourth-order valence-corrected chi connectivity index (χ4v) is 2.11. The molecule has 1 aromatic rings. The Balaban J connectivity index is 2.17. The van der Waals surface area contributed by atoms with E-state index in [-0.39, 0.29) is 0 Å². The highest BCUT2D eigenvalue weighted by Gasteiger charge is 2.05. The molecule has 0 aliphatic carbocycles. The smallest absolute Gasteiger partial charge is 0.0532 e. The number of hydrogen-bond donors (Lipinski definition) is 1. The van der Waals surface area contributed by atoms with Gasteiger partial charge in [-0.3, -0.25) is 0 Å². The van der Waals surface area contributed by atoms with E-state index in [0.717, 1.165) is 45.0 Å². The van der Waals surface area contributed by atoms with Crippen LogP contribution in [-0.4, -0.2) is 37.7 Å². The van der Waals surface area contributed by atoms with Crippen molar-refractivity contribution in [2.45, 2.75) is 33.1 Å². The van der Waals surface area contributed by atoms with E-state index in [4.69, 9.17) is 10.5 Å². The molecule has 0 aliphatic rings. The van der Waals surface area contributed by atoms with E-state index in [1.807, 2.05) is 12.1 Å². The van der Waals surface area contributed by atoms with Crippen LogP contribution in [0.4, 0.5) is 5.69 Å². The molecule has 0 radical (unpaired) electrons. The van der Waals surface area contributed by atoms with Crippen molar-refractivity contribution in [2.75, 3.05) is 38.6 Å². The summed E-state index contributed by atoms with van der Waals surface area (Å²) in [6.45, 7) is 11.6. The van der Waals surface area contributed by atoms with E-state index in [9.17, 15) is 0 Å². The molecule has 3 heteroatoms. The van der Waals surface area contributed by atoms with Gasteiger partial charge in [0.05, 0.1) is 6.61 Å². The molecule has 1 aromatic carbocycles. The first kappa shape index (κ1) is 16.0. The van der Waals surface area contributed by atoms with Gasteiger partial charge in [0.2, 0.25) is 0 Å². The van der Waals surface area contributed by atoms with Crippen LogP contribution in [0.3, 0.4) is 0 Å². The zero-order valence-electron chi connectivity index (χ0n) is 12.6. The van der Waals surface area contributed by atoms with E-state index >= 15 is 0 Å². The first-order valence-electron chi connectivity index (χ1n) is 7.32. The summed E-state index contributed by atoms with van der Waals surface area (Å²) in [6.07, 6.45) is 1.11. The van der Waals surface area contributed by atoms with Crippen LogP contribution in [0.1, 0.15) is 38.7 Å². The van der Waals surface area contributed by atoms with Gasteiger partial charge >= 0.3 is 0 Å². The molecule has 1 rings (SSSR count). The summed E-state index contributed by atoms with van der Waals surface area (Å²) >= 11 is 0. The summed E-state index contributed by atoms with van der Waals surface area (Å²) in [7, 11) is 0. The lowest BCUT2D eigenvalue weighted by atomic mass is 10.0. The third-order valence-corrected chi connectivity index (χ3v) is 3.53. The van der Waals surface area contributed by atoms with Crippen molar-refractivity contribution in [3.63, 3.8) is 0 Å². The quantitative estimate of drug-likeness (QED) is 0.550. The maximum absolute atomic E-state index is 5.76. The molecule has 2 N–H and O–H groups in total. The standard InChI is InChI=1S/C16H28N2O/c1-4-18(5-2)11-6-12-19-13-14(3)15-7-9-16(17)10-8-15/h7-10,14H,4-6,11-13,17H2,1-3H3. The molecule has 0 amide bonds. The highest BCUT2D eigenvalue weighted by atomic mass is 16.5. The van der Waals surface area contributed by atoms with Gasteiger partial charge in [0, 0.05) is 24.8 Å². The molecule has 1 atom stereocenters. The fourth-order valence-electron chi connectivity index (χ4n) is 2.11. The fraction of sp³-hybridized carbons (Fsp3) is 0.625. The van der Waals surface area contributed by atoms with E-state index in [0.29, 0.717) is 5.92 Å². The van der Waals surface area contributed by atoms with Gasteiger partial charge in [0.25, 0.3) is 0 Å². The predicted molar refractivity (Wildman–Crippen MR) is 82.5 cm³/mol. The maximum Gasteiger partial charge on any atom is 0.0532 e. The number of nitrogens with zero attached hydrogens (tertiary/aromatic N) is 1. The molecule has 0 saturated carbocycles. The van der Waals surface area contributed by atoms with Crippen molar-refractivity contribution in [2.24, 2.45) is 0 Å². The number of nitrogen functional groups attached to an aromatic ring is 1. The Bertz CT molecular complexity index is 333. The summed E-state index contributed by atoms with van der Waals surface area (Å²) in [4.78, 5) is 2.42. The van der Waals surface area contributed by atoms with Crippen LogP contribution in [-0.2, 0) is 4.74 Å². The van der Waals surface area contributed by atoms with Gasteiger partial charge in [0.15, 0.2) is 0 Å². The molecule has 108 valence electrons. The van der Waals surface area contributed by atoms with Gasteiger partial charge < -0.3 is 15.4 Å². The minimum atomic E-state index is 0.425. The molecular formula is C16H28N2O. The van der Waals surface area contributed by atoms with Crippen molar-refractivity contribution < 1.29 is 4.74 Å². The van der Waals surface area contributed by atoms with Crippen LogP contribution in [0.25, 0.3) is 0 Å². The number of nitrogens with two attached hydrogens (primary N) is 1. The van der Waals surface area contributed by atoms with Crippen molar-refractivity contribution in [1.82, 2.24) is 4.90 Å². The summed E-state index contributed by atoms with van der Waals surface area (Å²) in [6, 6.07) is 8.07. The van der Waals surface area contributed by atoms with Gasteiger partial charge in [0.1, 0.15) is 0 Å². The molecule has 19 heavy (non-hydrogen) atoms. The molecule has 0 aliphatic heterocycles. The van der Waals surface area contributed by atoms with Crippen molar-refractivity contribution >= 4 is 5.69 Å². The Hall–Kier alpha value is -1.06. The molecule has 0 bridgehead atoms. The van der Waals surface area contributed by atoms with Gasteiger partial charge in [-0.05, 0) is 37.2 Å². The Morgan fingerprint density at radius 3 is 2.37 bits per heavy atom. The Morgan fingerprint density at radius 2 is 1.79 bits per heavy atom. The number of ether oxygens (including phenoxy) is 1. The molecule has 1 unspecified atom stereocenters. The van der Waals surface area contributed by atoms with Crippen molar-refractivity contribution in [3.8, 4) is 0 Å². The lowest BCUT2D eigenvalue weighted by Crippen LogP contribution is -2.25. The number of anilines is 1. The van der Waals surface area contributed by atoms with E-state index < -0.39 is 0 Å². The predicted octanol–water partition coefficient (Wildman–Crippen LogP) is 3.12. The zero-order chi connectivity index (χ0) is 14.1. The Labute approximate surface area is 117 Å². The Morgan fingerprint density at radius 1 is 1.16 bits per heavy atom. The van der Waals surface area contributed by atoms with Gasteiger partial charge in [-0.2, -0.15) is 0 Å². The zero-order valence-corrected chi connectivity index (χ0v) is 12.6. The minimum absolute atomic E-state index is 0.425. The van der Waals surface area contributed by atoms with E-state index in [2.05, 4.69) is 37.8 Å². The first-order valence-corrected chi connectivity index (χ1v) is 7.32. The second-order valence-corrected chi connectivity index (χ2v) is 5.02. The average molecular weight is 264 g/mol. The maximum atomic E-state index is 5.76. The van der Waals surface area contributed by atoms with Gasteiger partial charge in [-0.25, -0.2) is 0 Å². The normalized spacial score (nSPS) is 12.8. The first-order chi connectivity index (χ1) is 9.17. The lowest BCUT2D eigenvalue weighted by Gasteiger charge is -2.18. The van der Waals surface area contributed by atoms with Crippen molar-refractivity contribution in [3.05, 3.63) is 29.8 Å². The molecule has 0 spiro atoms. The lowest BCUT2D eigenvalue weighted by molar-refractivity contribution is 0.112. The second-order valence-electron chi connectivity index (χ2n) is 5.02. The molecular weight excluding hydrogens is 236 g/mol. The van der Waals surface area contributed by atoms with Crippen molar-refractivity contribution in [1.29, 1.82) is 0 Å². The molecule has 0 aromatic heterocycles. The summed E-state index contributed by atoms with van der Waals surface area (Å²) in [5, 5.41) is 0. The topological polar surface area (TPSA) is 38.5 Å². The second kappa shape index (κ2) is 8.94. The third-order valence-electron chi connectivity index (χ3n) is 3.53. The van der Waals surface area contributed by atoms with Crippen LogP contribution in [0.2, 0.25) is 0 Å². The highest BCUT2D eigenvalue weighted by molar-refractivity contribution is 5.40. The van der Waals surface area contributed by atoms with E-state index in [1.54, 1.807) is 0 Å². The molecule has 0 saturated heterocycles. The van der Waals surface area contributed by atoms with Crippen LogP contribution >= 0.6 is 0 Å². The highest BCUT2D eigenvalue weighted by Crippen LogP contribution is 2.16. The van der Waals surface area contributed by atoms with Crippen LogP contribution in [0.5, 0.6) is 0 Å². The number of benzene rings is 1. The summed E-state index contributed by atoms with van der Waals surface area (Å²) in [5.74, 6) is 0.425. The van der Waals surface area contributed by atoms with Crippen LogP contribution in [0, 0.1) is 0 Å². The number of rotatable bonds is 9. The third kappa shape index (κ3) is 6.08. The van der Waals surface area contributed by atoms with Crippen LogP contribution in [0.15, 0.2) is 24.3 Å². The van der Waals surface area contributed by atoms with Gasteiger partial charge in [-0.15, -0.1) is 0 Å². The largest absolute Gasteiger partial charge is 0.399 e. The average Bonchev–Trinajstić information content (AvgIpc) is 2.43.